The SMILES string of the molecule is Cc1ncsc1-c1ccc(CNC(=O)[C@@H]2CCCN2C(=O)[C@@H](NC(=O)CCCNCCn2cc(COCCOCCNC(=O)c3ccc(Nc4ncc5c(n4)Cc4ccc(Cl)cc4C(c4c(F)cccc4F)=NC5)cc3)nn2)C(C)(C)C)cc1. The van der Waals surface area contributed by atoms with Crippen LogP contribution in [0.2, 0.25) is 5.02 Å². The first kappa shape index (κ1) is 60.7. The number of halogens is 3. The minimum absolute atomic E-state index is 0.0993. The van der Waals surface area contributed by atoms with Crippen LogP contribution in [-0.4, -0.2) is 122 Å². The number of nitrogens with zero attached hydrogens (tertiary/aromatic N) is 8. The summed E-state index contributed by atoms with van der Waals surface area (Å²) in [7, 11) is 0. The third-order valence-corrected chi connectivity index (χ3v) is 15.6. The topological polar surface area (TPSA) is 232 Å². The first-order chi connectivity index (χ1) is 40.6. The van der Waals surface area contributed by atoms with Crippen LogP contribution in [0.15, 0.2) is 108 Å². The van der Waals surface area contributed by atoms with Crippen LogP contribution in [0.3, 0.4) is 0 Å². The molecule has 2 aliphatic rings. The highest BCUT2D eigenvalue weighted by molar-refractivity contribution is 7.13. The molecule has 0 saturated carbocycles. The molecule has 2 atom stereocenters. The maximum absolute atomic E-state index is 15.0. The molecule has 7 aromatic rings. The van der Waals surface area contributed by atoms with Crippen LogP contribution in [0.5, 0.6) is 0 Å². The van der Waals surface area contributed by atoms with E-state index < -0.39 is 29.1 Å². The lowest BCUT2D eigenvalue weighted by atomic mass is 9.85. The highest BCUT2D eigenvalue weighted by atomic mass is 35.5. The number of hydrogen-bond acceptors (Lipinski definition) is 15. The zero-order valence-electron chi connectivity index (χ0n) is 47.4. The summed E-state index contributed by atoms with van der Waals surface area (Å²) < 4.78 is 43.0. The first-order valence-electron chi connectivity index (χ1n) is 28.0. The highest BCUT2D eigenvalue weighted by Gasteiger charge is 2.42. The second-order valence-electron chi connectivity index (χ2n) is 21.6. The number of rotatable bonds is 25. The highest BCUT2D eigenvalue weighted by Crippen LogP contribution is 2.31. The summed E-state index contributed by atoms with van der Waals surface area (Å²) in [6, 6.07) is 22.4. The van der Waals surface area contributed by atoms with Gasteiger partial charge in [-0.2, -0.15) is 0 Å². The smallest absolute Gasteiger partial charge is 0.251 e. The van der Waals surface area contributed by atoms with Crippen LogP contribution in [0.4, 0.5) is 20.4 Å². The fraction of sp³-hybridized carbons (Fsp3) is 0.377. The summed E-state index contributed by atoms with van der Waals surface area (Å²) in [6.07, 6.45) is 5.86. The maximum atomic E-state index is 15.0. The predicted molar refractivity (Wildman–Crippen MR) is 317 cm³/mol. The fourth-order valence-electron chi connectivity index (χ4n) is 9.86. The standard InChI is InChI=1S/C61H68ClF2N13O6S/c1-38-55(84-37-70-38)40-14-12-39(13-15-40)32-68-58(80)51-10-7-25-77(51)59(81)56(61(2,3)4)73-52(78)11-6-22-65-23-26-76-35-46(74-75-76)36-83-29-28-82-27-24-66-57(79)41-17-20-45(21-18-41)71-60-69-34-43-33-67-54(53-48(63)8-5-9-49(53)64)47-31-44(62)19-16-42(47)30-50(43)72-60/h5,8-9,12-21,31,34-35,37,51,56,65H,6-7,10-11,22-30,32-33,36H2,1-4H3,(H,66,79)(H,68,80)(H,73,78)(H,69,71,72)/t51-,56+/m0/s1. The number of carbonyl (C=O) groups excluding carboxylic acids is 4. The van der Waals surface area contributed by atoms with Crippen molar-refractivity contribution < 1.29 is 37.4 Å². The van der Waals surface area contributed by atoms with E-state index in [1.165, 1.54) is 18.2 Å². The van der Waals surface area contributed by atoms with Crippen LogP contribution in [0.1, 0.15) is 102 Å². The molecule has 2 aliphatic heterocycles. The van der Waals surface area contributed by atoms with Crippen LogP contribution in [0.25, 0.3) is 10.4 Å². The Hall–Kier alpha value is -7.89. The van der Waals surface area contributed by atoms with Gasteiger partial charge in [0, 0.05) is 72.6 Å². The Labute approximate surface area is 495 Å². The number of aryl methyl sites for hydroxylation is 1. The second kappa shape index (κ2) is 28.6. The Bertz CT molecular complexity index is 3440. The van der Waals surface area contributed by atoms with E-state index in [2.05, 4.69) is 51.9 Å². The van der Waals surface area contributed by atoms with Gasteiger partial charge in [-0.25, -0.2) is 23.7 Å². The maximum Gasteiger partial charge on any atom is 0.251 e. The van der Waals surface area contributed by atoms with Crippen molar-refractivity contribution in [2.45, 2.75) is 98.1 Å². The first-order valence-corrected chi connectivity index (χ1v) is 29.2. The Morgan fingerprint density at radius 1 is 0.893 bits per heavy atom. The van der Waals surface area contributed by atoms with E-state index in [1.807, 2.05) is 63.7 Å². The van der Waals surface area contributed by atoms with Gasteiger partial charge in [0.15, 0.2) is 0 Å². The van der Waals surface area contributed by atoms with E-state index in [-0.39, 0.29) is 61.1 Å². The molecule has 0 aliphatic carbocycles. The lowest BCUT2D eigenvalue weighted by molar-refractivity contribution is -0.143. The van der Waals surface area contributed by atoms with Crippen molar-refractivity contribution in [1.82, 2.24) is 56.1 Å². The third kappa shape index (κ3) is 16.0. The number of nitrogens with one attached hydrogen (secondary N) is 5. The zero-order valence-corrected chi connectivity index (χ0v) is 48.9. The minimum atomic E-state index is -0.790. The van der Waals surface area contributed by atoms with E-state index in [0.717, 1.165) is 27.3 Å². The van der Waals surface area contributed by atoms with E-state index in [4.69, 9.17) is 26.1 Å². The van der Waals surface area contributed by atoms with Gasteiger partial charge in [-0.1, -0.05) is 74.0 Å². The van der Waals surface area contributed by atoms with E-state index in [0.29, 0.717) is 123 Å². The Morgan fingerprint density at radius 2 is 1.68 bits per heavy atom. The molecular weight excluding hydrogens is 1120 g/mol. The lowest BCUT2D eigenvalue weighted by Gasteiger charge is -2.35. The number of hydrogen-bond donors (Lipinski definition) is 5. The largest absolute Gasteiger partial charge is 0.377 e. The number of ether oxygens (including phenoxy) is 2. The number of aromatic nitrogens is 6. The average molecular weight is 1180 g/mol. The molecule has 3 aromatic heterocycles. The van der Waals surface area contributed by atoms with Crippen molar-refractivity contribution in [2.75, 3.05) is 51.3 Å². The van der Waals surface area contributed by atoms with Crippen molar-refractivity contribution in [3.63, 3.8) is 0 Å². The molecule has 0 unspecified atom stereocenters. The summed E-state index contributed by atoms with van der Waals surface area (Å²) >= 11 is 7.94. The van der Waals surface area contributed by atoms with E-state index >= 15 is 0 Å². The molecule has 19 nitrogen and oxygen atoms in total. The lowest BCUT2D eigenvalue weighted by Crippen LogP contribution is -2.57. The molecule has 0 radical (unpaired) electrons. The van der Waals surface area contributed by atoms with Gasteiger partial charge in [-0.05, 0) is 103 Å². The van der Waals surface area contributed by atoms with Gasteiger partial charge < -0.3 is 41.0 Å². The Morgan fingerprint density at radius 3 is 2.44 bits per heavy atom. The van der Waals surface area contributed by atoms with Gasteiger partial charge >= 0.3 is 0 Å². The van der Waals surface area contributed by atoms with Gasteiger partial charge in [0.05, 0.1) is 78.8 Å². The number of thiazole rings is 1. The molecule has 1 fully saturated rings. The molecular formula is C61H68ClF2N13O6S. The number of carbonyl (C=O) groups is 4. The molecule has 4 aromatic carbocycles. The third-order valence-electron chi connectivity index (χ3n) is 14.3. The summed E-state index contributed by atoms with van der Waals surface area (Å²) in [4.78, 5) is 74.5. The van der Waals surface area contributed by atoms with Crippen LogP contribution in [0, 0.1) is 24.0 Å². The summed E-state index contributed by atoms with van der Waals surface area (Å²) in [5.74, 6) is -2.04. The zero-order chi connectivity index (χ0) is 59.2. The molecule has 5 heterocycles. The van der Waals surface area contributed by atoms with E-state index in [9.17, 15) is 28.0 Å². The van der Waals surface area contributed by atoms with Crippen molar-refractivity contribution in [3.05, 3.63) is 170 Å². The molecule has 9 rings (SSSR count). The minimum Gasteiger partial charge on any atom is -0.377 e. The molecule has 84 heavy (non-hydrogen) atoms. The van der Waals surface area contributed by atoms with Crippen LogP contribution < -0.4 is 26.6 Å². The van der Waals surface area contributed by atoms with Gasteiger partial charge in [0.25, 0.3) is 5.91 Å². The number of anilines is 2. The second-order valence-corrected chi connectivity index (χ2v) is 22.9. The summed E-state index contributed by atoms with van der Waals surface area (Å²) in [5, 5.41) is 24.2. The number of fused-ring (bicyclic) bond motifs is 2. The number of likely N-dealkylation sites (tertiary alicyclic amines) is 1. The monoisotopic (exact) mass is 1180 g/mol. The number of benzene rings is 4. The fourth-order valence-corrected chi connectivity index (χ4v) is 10.8. The van der Waals surface area contributed by atoms with Gasteiger partial charge in [-0.3, -0.25) is 28.9 Å². The van der Waals surface area contributed by atoms with Gasteiger partial charge in [0.1, 0.15) is 29.4 Å². The normalized spacial score (nSPS) is 14.4. The van der Waals surface area contributed by atoms with Crippen LogP contribution in [-0.2, 0) is 56.5 Å². The molecule has 1 saturated heterocycles. The van der Waals surface area contributed by atoms with Crippen molar-refractivity contribution >= 4 is 63.9 Å². The van der Waals surface area contributed by atoms with Crippen molar-refractivity contribution in [2.24, 2.45) is 10.4 Å². The number of aliphatic imine (C=N–C) groups is 1. The molecule has 4 amide bonds. The van der Waals surface area contributed by atoms with Gasteiger partial charge in [-0.15, -0.1) is 16.4 Å². The molecule has 440 valence electrons. The Kier molecular flexibility index (Phi) is 20.7. The molecule has 5 N–H and O–H groups in total. The summed E-state index contributed by atoms with van der Waals surface area (Å²) in [5.41, 5.74) is 8.67. The van der Waals surface area contributed by atoms with Crippen molar-refractivity contribution in [1.29, 1.82) is 0 Å². The number of amides is 4. The molecule has 23 heteroatoms. The predicted octanol–water partition coefficient (Wildman–Crippen LogP) is 8.29. The molecule has 0 bridgehead atoms. The average Bonchev–Trinajstić information content (AvgIpc) is 2.96. The van der Waals surface area contributed by atoms with Gasteiger partial charge in [0.2, 0.25) is 23.7 Å². The quantitative estimate of drug-likeness (QED) is 0.0340. The van der Waals surface area contributed by atoms with Crippen LogP contribution >= 0.6 is 22.9 Å². The van der Waals surface area contributed by atoms with E-state index in [1.54, 1.807) is 69.6 Å². The van der Waals surface area contributed by atoms with Crippen molar-refractivity contribution in [3.8, 4) is 10.4 Å². The Balaban J connectivity index is 0.617. The summed E-state index contributed by atoms with van der Waals surface area (Å²) in [6.45, 7) is 11.8. The molecule has 0 spiro atoms.